The van der Waals surface area contributed by atoms with Crippen LogP contribution in [0.5, 0.6) is 0 Å². The molecule has 16 heavy (non-hydrogen) atoms. The molecule has 0 aliphatic carbocycles. The van der Waals surface area contributed by atoms with Crippen molar-refractivity contribution in [3.05, 3.63) is 30.3 Å². The molecule has 1 heterocycles. The van der Waals surface area contributed by atoms with Gasteiger partial charge in [0, 0.05) is 17.5 Å². The molecule has 2 aromatic rings. The van der Waals surface area contributed by atoms with Crippen LogP contribution in [-0.2, 0) is 0 Å². The Balaban J connectivity index is 1.85. The Kier molecular flexibility index (Phi) is 4.31. The third-order valence-electron chi connectivity index (χ3n) is 2.57. The molecular weight excluding hydrogens is 218 g/mol. The maximum absolute atomic E-state index is 8.66. The number of hydrogen-bond acceptors (Lipinski definition) is 2. The van der Waals surface area contributed by atoms with Gasteiger partial charge in [-0.2, -0.15) is 0 Å². The summed E-state index contributed by atoms with van der Waals surface area (Å²) in [6, 6.07) is 10.5. The van der Waals surface area contributed by atoms with Crippen molar-refractivity contribution in [3.63, 3.8) is 0 Å². The average molecular weight is 235 g/mol. The van der Waals surface area contributed by atoms with Crippen molar-refractivity contribution < 1.29 is 5.11 Å². The first-order valence-electron chi connectivity index (χ1n) is 5.71. The van der Waals surface area contributed by atoms with Crippen molar-refractivity contribution in [2.45, 2.75) is 24.3 Å². The topological polar surface area (TPSA) is 36.0 Å². The van der Waals surface area contributed by atoms with E-state index in [2.05, 4.69) is 35.3 Å². The summed E-state index contributed by atoms with van der Waals surface area (Å²) in [6.45, 7) is 0.317. The second-order valence-corrected chi connectivity index (χ2v) is 4.99. The number of aliphatic hydroxyl groups is 1. The monoisotopic (exact) mass is 235 g/mol. The molecule has 0 saturated carbocycles. The molecule has 3 heteroatoms. The zero-order chi connectivity index (χ0) is 11.2. The Bertz CT molecular complexity index is 405. The first-order valence-corrected chi connectivity index (χ1v) is 6.70. The van der Waals surface area contributed by atoms with Gasteiger partial charge < -0.3 is 10.1 Å². The van der Waals surface area contributed by atoms with E-state index < -0.39 is 0 Å². The van der Waals surface area contributed by atoms with Crippen LogP contribution in [0.3, 0.4) is 0 Å². The molecule has 1 aromatic heterocycles. The van der Waals surface area contributed by atoms with Gasteiger partial charge in [0.15, 0.2) is 0 Å². The zero-order valence-corrected chi connectivity index (χ0v) is 10.1. The van der Waals surface area contributed by atoms with Gasteiger partial charge in [0.25, 0.3) is 0 Å². The van der Waals surface area contributed by atoms with Crippen LogP contribution in [0.1, 0.15) is 19.3 Å². The van der Waals surface area contributed by atoms with Crippen molar-refractivity contribution in [1.82, 2.24) is 4.98 Å². The summed E-state index contributed by atoms with van der Waals surface area (Å²) in [4.78, 5) is 3.40. The molecule has 0 amide bonds. The number of para-hydroxylation sites is 1. The Labute approximate surface area is 100 Å². The molecule has 0 atom stereocenters. The number of rotatable bonds is 6. The van der Waals surface area contributed by atoms with Gasteiger partial charge in [-0.1, -0.05) is 24.6 Å². The number of hydrogen-bond donors (Lipinski definition) is 2. The second-order valence-electron chi connectivity index (χ2n) is 3.85. The van der Waals surface area contributed by atoms with Gasteiger partial charge in [0.05, 0.1) is 5.03 Å². The maximum Gasteiger partial charge on any atom is 0.0732 e. The van der Waals surface area contributed by atoms with E-state index in [1.165, 1.54) is 22.3 Å². The summed E-state index contributed by atoms with van der Waals surface area (Å²) in [5, 5.41) is 11.2. The minimum Gasteiger partial charge on any atom is -0.396 e. The number of aromatic amines is 1. The third kappa shape index (κ3) is 3.03. The van der Waals surface area contributed by atoms with Crippen LogP contribution in [0, 0.1) is 0 Å². The highest BCUT2D eigenvalue weighted by molar-refractivity contribution is 7.99. The Morgan fingerprint density at radius 1 is 1.12 bits per heavy atom. The lowest BCUT2D eigenvalue weighted by atomic mass is 10.3. The standard InChI is InChI=1S/C13H17NOS/c15-8-4-1-5-9-16-13-10-11-6-2-3-7-12(11)14-13/h2-3,6-7,10,14-15H,1,4-5,8-9H2. The summed E-state index contributed by atoms with van der Waals surface area (Å²) in [5.41, 5.74) is 1.21. The number of fused-ring (bicyclic) bond motifs is 1. The summed E-state index contributed by atoms with van der Waals surface area (Å²) in [7, 11) is 0. The highest BCUT2D eigenvalue weighted by Crippen LogP contribution is 2.23. The van der Waals surface area contributed by atoms with Gasteiger partial charge in [-0.05, 0) is 30.7 Å². The predicted octanol–water partition coefficient (Wildman–Crippen LogP) is 3.42. The normalized spacial score (nSPS) is 11.1. The highest BCUT2D eigenvalue weighted by Gasteiger charge is 1.99. The van der Waals surface area contributed by atoms with E-state index in [9.17, 15) is 0 Å². The SMILES string of the molecule is OCCCCCSc1cc2ccccc2[nH]1. The number of thioether (sulfide) groups is 1. The molecule has 0 aliphatic heterocycles. The molecular formula is C13H17NOS. The molecule has 2 nitrogen and oxygen atoms in total. The lowest BCUT2D eigenvalue weighted by Crippen LogP contribution is -1.85. The Morgan fingerprint density at radius 2 is 2.00 bits per heavy atom. The van der Waals surface area contributed by atoms with Gasteiger partial charge in [0.1, 0.15) is 0 Å². The fraction of sp³-hybridized carbons (Fsp3) is 0.385. The molecule has 0 saturated heterocycles. The minimum absolute atomic E-state index is 0.317. The van der Waals surface area contributed by atoms with Crippen LogP contribution in [0.15, 0.2) is 35.4 Å². The van der Waals surface area contributed by atoms with Gasteiger partial charge >= 0.3 is 0 Å². The van der Waals surface area contributed by atoms with Crippen molar-refractivity contribution in [1.29, 1.82) is 0 Å². The van der Waals surface area contributed by atoms with Gasteiger partial charge in [-0.15, -0.1) is 11.8 Å². The molecule has 86 valence electrons. The number of H-pyrrole nitrogens is 1. The van der Waals surface area contributed by atoms with E-state index in [0.717, 1.165) is 18.6 Å². The predicted molar refractivity (Wildman–Crippen MR) is 70.0 cm³/mol. The van der Waals surface area contributed by atoms with Crippen molar-refractivity contribution in [2.75, 3.05) is 12.4 Å². The fourth-order valence-electron chi connectivity index (χ4n) is 1.70. The van der Waals surface area contributed by atoms with E-state index in [1.807, 2.05) is 11.8 Å². The van der Waals surface area contributed by atoms with E-state index in [0.29, 0.717) is 6.61 Å². The van der Waals surface area contributed by atoms with Crippen LogP contribution >= 0.6 is 11.8 Å². The van der Waals surface area contributed by atoms with Gasteiger partial charge in [-0.25, -0.2) is 0 Å². The lowest BCUT2D eigenvalue weighted by Gasteiger charge is -1.97. The number of unbranched alkanes of at least 4 members (excludes halogenated alkanes) is 2. The molecule has 0 spiro atoms. The fourth-order valence-corrected chi connectivity index (χ4v) is 2.66. The number of aromatic nitrogens is 1. The van der Waals surface area contributed by atoms with Crippen molar-refractivity contribution in [3.8, 4) is 0 Å². The van der Waals surface area contributed by atoms with Crippen LogP contribution in [-0.4, -0.2) is 22.5 Å². The van der Waals surface area contributed by atoms with Gasteiger partial charge in [0.2, 0.25) is 0 Å². The number of nitrogens with one attached hydrogen (secondary N) is 1. The Morgan fingerprint density at radius 3 is 2.81 bits per heavy atom. The second kappa shape index (κ2) is 5.97. The van der Waals surface area contributed by atoms with Crippen LogP contribution < -0.4 is 0 Å². The first kappa shape index (κ1) is 11.6. The molecule has 2 N–H and O–H groups in total. The van der Waals surface area contributed by atoms with Crippen molar-refractivity contribution >= 4 is 22.7 Å². The Hall–Kier alpha value is -0.930. The maximum atomic E-state index is 8.66. The number of benzene rings is 1. The minimum atomic E-state index is 0.317. The molecule has 2 rings (SSSR count). The third-order valence-corrected chi connectivity index (χ3v) is 3.59. The van der Waals surface area contributed by atoms with Crippen LogP contribution in [0.25, 0.3) is 10.9 Å². The summed E-state index contributed by atoms with van der Waals surface area (Å²) in [5.74, 6) is 1.12. The largest absolute Gasteiger partial charge is 0.396 e. The summed E-state index contributed by atoms with van der Waals surface area (Å²) < 4.78 is 0. The summed E-state index contributed by atoms with van der Waals surface area (Å²) >= 11 is 1.86. The van der Waals surface area contributed by atoms with E-state index in [-0.39, 0.29) is 0 Å². The molecule has 0 bridgehead atoms. The van der Waals surface area contributed by atoms with E-state index in [4.69, 9.17) is 5.11 Å². The molecule has 0 unspecified atom stereocenters. The average Bonchev–Trinajstić information content (AvgIpc) is 2.71. The van der Waals surface area contributed by atoms with E-state index in [1.54, 1.807) is 0 Å². The van der Waals surface area contributed by atoms with Crippen LogP contribution in [0.2, 0.25) is 0 Å². The van der Waals surface area contributed by atoms with Crippen molar-refractivity contribution in [2.24, 2.45) is 0 Å². The number of aliphatic hydroxyl groups excluding tert-OH is 1. The molecule has 0 aliphatic rings. The highest BCUT2D eigenvalue weighted by atomic mass is 32.2. The lowest BCUT2D eigenvalue weighted by molar-refractivity contribution is 0.284. The smallest absolute Gasteiger partial charge is 0.0732 e. The molecule has 0 fully saturated rings. The zero-order valence-electron chi connectivity index (χ0n) is 9.28. The first-order chi connectivity index (χ1) is 7.90. The van der Waals surface area contributed by atoms with Gasteiger partial charge in [-0.3, -0.25) is 0 Å². The van der Waals surface area contributed by atoms with E-state index >= 15 is 0 Å². The molecule has 1 aromatic carbocycles. The molecule has 0 radical (unpaired) electrons. The summed E-state index contributed by atoms with van der Waals surface area (Å²) in [6.07, 6.45) is 3.21. The van der Waals surface area contributed by atoms with Crippen LogP contribution in [0.4, 0.5) is 0 Å². The quantitative estimate of drug-likeness (QED) is 0.594.